The third-order valence-electron chi connectivity index (χ3n) is 5.99. The molecule has 0 atom stereocenters. The highest BCUT2D eigenvalue weighted by molar-refractivity contribution is 6.01. The molecule has 1 fully saturated rings. The van der Waals surface area contributed by atoms with Crippen molar-refractivity contribution >= 4 is 35.0 Å². The molecule has 0 aliphatic carbocycles. The molecule has 2 aromatic heterocycles. The lowest BCUT2D eigenvalue weighted by Crippen LogP contribution is -2.46. The van der Waals surface area contributed by atoms with E-state index in [2.05, 4.69) is 15.3 Å². The van der Waals surface area contributed by atoms with Gasteiger partial charge in [0, 0.05) is 37.0 Å². The average Bonchev–Trinajstić information content (AvgIpc) is 3.36. The summed E-state index contributed by atoms with van der Waals surface area (Å²) in [6, 6.07) is 11.8. The summed E-state index contributed by atoms with van der Waals surface area (Å²) in [6.45, 7) is 6.99. The quantitative estimate of drug-likeness (QED) is 0.658. The molecule has 0 saturated carbocycles. The number of para-hydroxylation sites is 1. The lowest BCUT2D eigenvalue weighted by molar-refractivity contribution is -0.117. The SMILES string of the molecule is CC(C)(C)OC(=O)Nc1cc(N2CCC(N3C(=O)Cc4ccccc43)CC2)nc2ccnn12. The predicted molar refractivity (Wildman–Crippen MR) is 126 cm³/mol. The molecule has 172 valence electrons. The molecule has 2 aliphatic heterocycles. The van der Waals surface area contributed by atoms with Gasteiger partial charge < -0.3 is 14.5 Å². The fourth-order valence-corrected chi connectivity index (χ4v) is 4.59. The van der Waals surface area contributed by atoms with Crippen molar-refractivity contribution in [3.8, 4) is 0 Å². The lowest BCUT2D eigenvalue weighted by Gasteiger charge is -2.37. The lowest BCUT2D eigenvalue weighted by atomic mass is 10.0. The van der Waals surface area contributed by atoms with Crippen LogP contribution in [0.3, 0.4) is 0 Å². The van der Waals surface area contributed by atoms with Gasteiger partial charge in [-0.05, 0) is 45.2 Å². The van der Waals surface area contributed by atoms with Gasteiger partial charge in [0.15, 0.2) is 5.65 Å². The molecule has 9 nitrogen and oxygen atoms in total. The van der Waals surface area contributed by atoms with Gasteiger partial charge >= 0.3 is 6.09 Å². The summed E-state index contributed by atoms with van der Waals surface area (Å²) in [5, 5.41) is 7.07. The predicted octanol–water partition coefficient (Wildman–Crippen LogP) is 3.63. The van der Waals surface area contributed by atoms with Gasteiger partial charge in [0.1, 0.15) is 17.2 Å². The summed E-state index contributed by atoms with van der Waals surface area (Å²) in [5.41, 5.74) is 2.19. The van der Waals surface area contributed by atoms with Gasteiger partial charge in [-0.3, -0.25) is 10.1 Å². The Morgan fingerprint density at radius 2 is 1.91 bits per heavy atom. The molecule has 2 aliphatic rings. The number of amides is 2. The number of aromatic nitrogens is 3. The first-order valence-electron chi connectivity index (χ1n) is 11.3. The largest absolute Gasteiger partial charge is 0.444 e. The Kier molecular flexibility index (Phi) is 5.19. The molecule has 0 spiro atoms. The van der Waals surface area contributed by atoms with Gasteiger partial charge in [-0.25, -0.2) is 9.78 Å². The fourth-order valence-electron chi connectivity index (χ4n) is 4.59. The monoisotopic (exact) mass is 448 g/mol. The third kappa shape index (κ3) is 4.22. The van der Waals surface area contributed by atoms with Crippen molar-refractivity contribution in [1.82, 2.24) is 14.6 Å². The highest BCUT2D eigenvalue weighted by atomic mass is 16.6. The number of fused-ring (bicyclic) bond motifs is 2. The highest BCUT2D eigenvalue weighted by Crippen LogP contribution is 2.34. The van der Waals surface area contributed by atoms with E-state index in [4.69, 9.17) is 9.72 Å². The Hall–Kier alpha value is -3.62. The maximum absolute atomic E-state index is 12.7. The Morgan fingerprint density at radius 3 is 2.67 bits per heavy atom. The van der Waals surface area contributed by atoms with E-state index < -0.39 is 11.7 Å². The molecule has 5 rings (SSSR count). The maximum Gasteiger partial charge on any atom is 0.413 e. The van der Waals surface area contributed by atoms with Crippen molar-refractivity contribution in [3.05, 3.63) is 48.2 Å². The second kappa shape index (κ2) is 8.06. The number of nitrogens with zero attached hydrogens (tertiary/aromatic N) is 5. The summed E-state index contributed by atoms with van der Waals surface area (Å²) in [6.07, 6.45) is 3.29. The molecule has 0 unspecified atom stereocenters. The minimum atomic E-state index is -0.601. The number of anilines is 3. The zero-order valence-electron chi connectivity index (χ0n) is 19.1. The van der Waals surface area contributed by atoms with Crippen molar-refractivity contribution in [3.63, 3.8) is 0 Å². The molecule has 0 radical (unpaired) electrons. The minimum absolute atomic E-state index is 0.176. The van der Waals surface area contributed by atoms with Gasteiger partial charge in [0.25, 0.3) is 0 Å². The molecular weight excluding hydrogens is 420 g/mol. The molecule has 1 aromatic carbocycles. The first-order chi connectivity index (χ1) is 15.8. The van der Waals surface area contributed by atoms with Crippen LogP contribution in [0.2, 0.25) is 0 Å². The number of hydrogen-bond acceptors (Lipinski definition) is 6. The van der Waals surface area contributed by atoms with Crippen LogP contribution in [0, 0.1) is 0 Å². The molecule has 0 bridgehead atoms. The number of piperidine rings is 1. The van der Waals surface area contributed by atoms with E-state index in [9.17, 15) is 9.59 Å². The van der Waals surface area contributed by atoms with E-state index >= 15 is 0 Å². The topological polar surface area (TPSA) is 92.1 Å². The first-order valence-corrected chi connectivity index (χ1v) is 11.3. The van der Waals surface area contributed by atoms with Gasteiger partial charge in [-0.1, -0.05) is 18.2 Å². The Labute approximate surface area is 192 Å². The Balaban J connectivity index is 1.33. The Bertz CT molecular complexity index is 1210. The summed E-state index contributed by atoms with van der Waals surface area (Å²) in [4.78, 5) is 33.9. The summed E-state index contributed by atoms with van der Waals surface area (Å²) >= 11 is 0. The van der Waals surface area contributed by atoms with Crippen LogP contribution in [0.25, 0.3) is 5.65 Å². The standard InChI is InChI=1S/C24H28N6O3/c1-24(2,3)33-23(32)27-21-15-20(26-19-8-11-25-30(19)21)28-12-9-17(10-13-28)29-18-7-5-4-6-16(18)14-22(29)31/h4-8,11,15,17H,9-10,12-14H2,1-3H3,(H,27,32). The van der Waals surface area contributed by atoms with Crippen LogP contribution in [-0.4, -0.2) is 51.3 Å². The van der Waals surface area contributed by atoms with Crippen LogP contribution in [0.15, 0.2) is 42.6 Å². The van der Waals surface area contributed by atoms with Crippen molar-refractivity contribution in [2.75, 3.05) is 28.2 Å². The van der Waals surface area contributed by atoms with Crippen molar-refractivity contribution in [2.24, 2.45) is 0 Å². The average molecular weight is 449 g/mol. The van der Waals surface area contributed by atoms with E-state index in [1.807, 2.05) is 56.0 Å². The molecule has 1 N–H and O–H groups in total. The molecule has 4 heterocycles. The molecular formula is C24H28N6O3. The molecule has 33 heavy (non-hydrogen) atoms. The smallest absolute Gasteiger partial charge is 0.413 e. The third-order valence-corrected chi connectivity index (χ3v) is 5.99. The number of carbonyl (C=O) groups excluding carboxylic acids is 2. The number of carbonyl (C=O) groups is 2. The summed E-state index contributed by atoms with van der Waals surface area (Å²) in [5.74, 6) is 1.44. The number of nitrogens with one attached hydrogen (secondary N) is 1. The van der Waals surface area contributed by atoms with Crippen LogP contribution >= 0.6 is 0 Å². The number of rotatable bonds is 3. The van der Waals surface area contributed by atoms with Crippen LogP contribution in [0.4, 0.5) is 22.1 Å². The second-order valence-corrected chi connectivity index (χ2v) is 9.52. The molecule has 9 heteroatoms. The van der Waals surface area contributed by atoms with Crippen LogP contribution < -0.4 is 15.1 Å². The highest BCUT2D eigenvalue weighted by Gasteiger charge is 2.35. The molecule has 3 aromatic rings. The molecule has 2 amide bonds. The zero-order valence-corrected chi connectivity index (χ0v) is 19.1. The fraction of sp³-hybridized carbons (Fsp3) is 0.417. The van der Waals surface area contributed by atoms with Crippen LogP contribution in [-0.2, 0) is 16.0 Å². The minimum Gasteiger partial charge on any atom is -0.444 e. The van der Waals surface area contributed by atoms with E-state index in [0.29, 0.717) is 17.9 Å². The van der Waals surface area contributed by atoms with Crippen molar-refractivity contribution in [1.29, 1.82) is 0 Å². The van der Waals surface area contributed by atoms with E-state index in [1.54, 1.807) is 16.8 Å². The van der Waals surface area contributed by atoms with E-state index in [1.165, 1.54) is 0 Å². The number of benzene rings is 1. The number of ether oxygens (including phenoxy) is 1. The van der Waals surface area contributed by atoms with E-state index in [-0.39, 0.29) is 11.9 Å². The van der Waals surface area contributed by atoms with Gasteiger partial charge in [0.05, 0.1) is 12.6 Å². The summed E-state index contributed by atoms with van der Waals surface area (Å²) in [7, 11) is 0. The van der Waals surface area contributed by atoms with Gasteiger partial charge in [-0.2, -0.15) is 9.61 Å². The van der Waals surface area contributed by atoms with E-state index in [0.717, 1.165) is 43.0 Å². The first kappa shape index (κ1) is 21.2. The zero-order chi connectivity index (χ0) is 23.2. The molecule has 1 saturated heterocycles. The second-order valence-electron chi connectivity index (χ2n) is 9.52. The van der Waals surface area contributed by atoms with Gasteiger partial charge in [0.2, 0.25) is 5.91 Å². The normalized spacial score (nSPS) is 16.9. The van der Waals surface area contributed by atoms with Crippen LogP contribution in [0.1, 0.15) is 39.2 Å². The van der Waals surface area contributed by atoms with Crippen molar-refractivity contribution < 1.29 is 14.3 Å². The summed E-state index contributed by atoms with van der Waals surface area (Å²) < 4.78 is 6.98. The van der Waals surface area contributed by atoms with Crippen LogP contribution in [0.5, 0.6) is 0 Å². The number of hydrogen-bond donors (Lipinski definition) is 1. The maximum atomic E-state index is 12.7. The van der Waals surface area contributed by atoms with Gasteiger partial charge in [-0.15, -0.1) is 0 Å². The Morgan fingerprint density at radius 1 is 1.15 bits per heavy atom. The van der Waals surface area contributed by atoms with Crippen molar-refractivity contribution in [2.45, 2.75) is 51.7 Å².